The first-order chi connectivity index (χ1) is 8.95. The third-order valence-corrected chi connectivity index (χ3v) is 3.56. The molecule has 0 aliphatic heterocycles. The van der Waals surface area contributed by atoms with E-state index in [9.17, 15) is 13.2 Å². The van der Waals surface area contributed by atoms with E-state index in [-0.39, 0.29) is 0 Å². The molecule has 0 radical (unpaired) electrons. The molecule has 0 saturated heterocycles. The van der Waals surface area contributed by atoms with Crippen LogP contribution < -0.4 is 0 Å². The minimum atomic E-state index is -4.35. The third-order valence-electron chi connectivity index (χ3n) is 2.92. The number of aromatic nitrogens is 1. The number of fused-ring (bicyclic) bond motifs is 2. The Morgan fingerprint density at radius 2 is 1.74 bits per heavy atom. The molecule has 0 aliphatic carbocycles. The highest BCUT2D eigenvalue weighted by atomic mass is 79.9. The molecule has 0 N–H and O–H groups in total. The van der Waals surface area contributed by atoms with Gasteiger partial charge in [0, 0.05) is 15.2 Å². The Morgan fingerprint density at radius 1 is 0.947 bits per heavy atom. The van der Waals surface area contributed by atoms with Gasteiger partial charge in [-0.3, -0.25) is 0 Å². The molecule has 0 unspecified atom stereocenters. The van der Waals surface area contributed by atoms with Crippen LogP contribution in [0.3, 0.4) is 0 Å². The van der Waals surface area contributed by atoms with Crippen molar-refractivity contribution in [2.75, 3.05) is 0 Å². The number of hydrogen-bond donors (Lipinski definition) is 0. The second kappa shape index (κ2) is 4.20. The van der Waals surface area contributed by atoms with Gasteiger partial charge in [-0.2, -0.15) is 13.2 Å². The molecule has 0 saturated carbocycles. The number of nitrogens with zero attached hydrogens (tertiary/aromatic N) is 1. The van der Waals surface area contributed by atoms with Gasteiger partial charge in [-0.25, -0.2) is 4.98 Å². The van der Waals surface area contributed by atoms with Gasteiger partial charge in [0.2, 0.25) is 0 Å². The number of rotatable bonds is 0. The average Bonchev–Trinajstić information content (AvgIpc) is 2.35. The zero-order valence-electron chi connectivity index (χ0n) is 9.50. The molecule has 3 aromatic rings. The number of benzene rings is 2. The van der Waals surface area contributed by atoms with Crippen molar-refractivity contribution in [1.29, 1.82) is 0 Å². The Hall–Kier alpha value is -1.62. The highest BCUT2D eigenvalue weighted by molar-refractivity contribution is 9.10. The Bertz CT molecular complexity index is 781. The summed E-state index contributed by atoms with van der Waals surface area (Å²) >= 11 is 3.36. The summed E-state index contributed by atoms with van der Waals surface area (Å²) in [5, 5.41) is 1.58. The molecule has 1 nitrogen and oxygen atoms in total. The fraction of sp³-hybridized carbons (Fsp3) is 0.0714. The summed E-state index contributed by atoms with van der Waals surface area (Å²) in [6.07, 6.45) is -4.35. The van der Waals surface area contributed by atoms with Gasteiger partial charge in [0.1, 0.15) is 0 Å². The summed E-state index contributed by atoms with van der Waals surface area (Å²) in [6.45, 7) is 0. The van der Waals surface area contributed by atoms with Crippen LogP contribution in [-0.4, -0.2) is 4.98 Å². The Morgan fingerprint density at radius 3 is 2.47 bits per heavy atom. The lowest BCUT2D eigenvalue weighted by Gasteiger charge is -2.08. The molecule has 1 heterocycles. The minimum Gasteiger partial charge on any atom is -0.247 e. The van der Waals surface area contributed by atoms with Gasteiger partial charge < -0.3 is 0 Å². The quantitative estimate of drug-likeness (QED) is 0.520. The van der Waals surface area contributed by atoms with E-state index >= 15 is 0 Å². The van der Waals surface area contributed by atoms with Gasteiger partial charge in [-0.1, -0.05) is 18.2 Å². The SMILES string of the molecule is FC(F)(F)c1ccc2cc3cccc(Br)c3nc2c1. The van der Waals surface area contributed by atoms with E-state index in [1.807, 2.05) is 24.3 Å². The molecule has 0 aliphatic rings. The Labute approximate surface area is 115 Å². The molecule has 0 spiro atoms. The topological polar surface area (TPSA) is 12.9 Å². The van der Waals surface area contributed by atoms with Crippen molar-refractivity contribution in [3.8, 4) is 0 Å². The van der Waals surface area contributed by atoms with Crippen LogP contribution >= 0.6 is 15.9 Å². The van der Waals surface area contributed by atoms with Crippen molar-refractivity contribution in [1.82, 2.24) is 4.98 Å². The van der Waals surface area contributed by atoms with Crippen LogP contribution in [-0.2, 0) is 6.18 Å². The zero-order chi connectivity index (χ0) is 13.6. The molecule has 0 atom stereocenters. The Kier molecular flexibility index (Phi) is 2.74. The molecule has 0 bridgehead atoms. The van der Waals surface area contributed by atoms with Gasteiger partial charge in [-0.05, 0) is 40.2 Å². The van der Waals surface area contributed by atoms with E-state index in [0.717, 1.165) is 22.0 Å². The predicted octanol–water partition coefficient (Wildman–Crippen LogP) is 5.17. The number of pyridine rings is 1. The number of hydrogen-bond acceptors (Lipinski definition) is 1. The highest BCUT2D eigenvalue weighted by Crippen LogP contribution is 2.32. The van der Waals surface area contributed by atoms with Crippen LogP contribution in [0.15, 0.2) is 46.9 Å². The fourth-order valence-electron chi connectivity index (χ4n) is 1.99. The summed E-state index contributed by atoms with van der Waals surface area (Å²) in [5.41, 5.74) is 0.322. The average molecular weight is 326 g/mol. The van der Waals surface area contributed by atoms with E-state index in [0.29, 0.717) is 16.4 Å². The van der Waals surface area contributed by atoms with E-state index in [1.165, 1.54) is 6.07 Å². The van der Waals surface area contributed by atoms with Crippen molar-refractivity contribution in [2.24, 2.45) is 0 Å². The van der Waals surface area contributed by atoms with Crippen LogP contribution in [0.25, 0.3) is 21.8 Å². The smallest absolute Gasteiger partial charge is 0.247 e. The summed E-state index contributed by atoms with van der Waals surface area (Å²) < 4.78 is 38.8. The van der Waals surface area contributed by atoms with Crippen LogP contribution in [0.2, 0.25) is 0 Å². The lowest BCUT2D eigenvalue weighted by Crippen LogP contribution is -2.04. The predicted molar refractivity (Wildman–Crippen MR) is 72.0 cm³/mol. The molecule has 5 heteroatoms. The largest absolute Gasteiger partial charge is 0.416 e. The molecular weight excluding hydrogens is 319 g/mol. The normalized spacial score (nSPS) is 12.2. The van der Waals surface area contributed by atoms with E-state index < -0.39 is 11.7 Å². The maximum absolute atomic E-state index is 12.7. The molecule has 19 heavy (non-hydrogen) atoms. The van der Waals surface area contributed by atoms with Gasteiger partial charge in [-0.15, -0.1) is 0 Å². The second-order valence-corrected chi connectivity index (χ2v) is 5.06. The summed E-state index contributed by atoms with van der Waals surface area (Å²) in [7, 11) is 0. The fourth-order valence-corrected chi connectivity index (χ4v) is 2.46. The highest BCUT2D eigenvalue weighted by Gasteiger charge is 2.30. The molecule has 3 rings (SSSR count). The van der Waals surface area contributed by atoms with Crippen molar-refractivity contribution in [2.45, 2.75) is 6.18 Å². The standard InChI is InChI=1S/C14H7BrF3N/c15-11-3-1-2-9-6-8-4-5-10(14(16,17)18)7-12(8)19-13(9)11/h1-7H. The van der Waals surface area contributed by atoms with Crippen LogP contribution in [0.1, 0.15) is 5.56 Å². The first-order valence-corrected chi connectivity index (χ1v) is 6.31. The van der Waals surface area contributed by atoms with Gasteiger partial charge >= 0.3 is 6.18 Å². The van der Waals surface area contributed by atoms with Gasteiger partial charge in [0.25, 0.3) is 0 Å². The summed E-state index contributed by atoms with van der Waals surface area (Å²) in [6, 6.07) is 11.0. The van der Waals surface area contributed by atoms with Crippen molar-refractivity contribution >= 4 is 37.7 Å². The number of alkyl halides is 3. The maximum atomic E-state index is 12.7. The first kappa shape index (κ1) is 12.4. The van der Waals surface area contributed by atoms with Crippen LogP contribution in [0.5, 0.6) is 0 Å². The second-order valence-electron chi connectivity index (χ2n) is 4.21. The molecule has 1 aromatic heterocycles. The number of halogens is 4. The third kappa shape index (κ3) is 2.18. The Balaban J connectivity index is 2.34. The molecule has 0 amide bonds. The maximum Gasteiger partial charge on any atom is 0.416 e. The van der Waals surface area contributed by atoms with E-state index in [4.69, 9.17) is 0 Å². The van der Waals surface area contributed by atoms with Crippen LogP contribution in [0, 0.1) is 0 Å². The first-order valence-electron chi connectivity index (χ1n) is 5.51. The molecule has 2 aromatic carbocycles. The number of para-hydroxylation sites is 1. The van der Waals surface area contributed by atoms with E-state index in [2.05, 4.69) is 20.9 Å². The van der Waals surface area contributed by atoms with Crippen LogP contribution in [0.4, 0.5) is 13.2 Å². The lowest BCUT2D eigenvalue weighted by molar-refractivity contribution is -0.137. The monoisotopic (exact) mass is 325 g/mol. The summed E-state index contributed by atoms with van der Waals surface area (Å²) in [5.74, 6) is 0. The molecule has 0 fully saturated rings. The molecular formula is C14H7BrF3N. The van der Waals surface area contributed by atoms with Gasteiger partial charge in [0.05, 0.1) is 16.6 Å². The summed E-state index contributed by atoms with van der Waals surface area (Å²) in [4.78, 5) is 4.30. The van der Waals surface area contributed by atoms with Crippen molar-refractivity contribution in [3.63, 3.8) is 0 Å². The molecule has 96 valence electrons. The van der Waals surface area contributed by atoms with Gasteiger partial charge in [0.15, 0.2) is 0 Å². The zero-order valence-corrected chi connectivity index (χ0v) is 11.1. The van der Waals surface area contributed by atoms with E-state index in [1.54, 1.807) is 0 Å². The van der Waals surface area contributed by atoms with Crippen molar-refractivity contribution < 1.29 is 13.2 Å². The minimum absolute atomic E-state index is 0.342. The lowest BCUT2D eigenvalue weighted by atomic mass is 10.1. The van der Waals surface area contributed by atoms with Crippen molar-refractivity contribution in [3.05, 3.63) is 52.5 Å².